The second-order valence-corrected chi connectivity index (χ2v) is 5.51. The van der Waals surface area contributed by atoms with Crippen LogP contribution in [0.25, 0.3) is 0 Å². The predicted octanol–water partition coefficient (Wildman–Crippen LogP) is 0.787. The van der Waals surface area contributed by atoms with Gasteiger partial charge in [0.15, 0.2) is 6.29 Å². The molecule has 0 bridgehead atoms. The third-order valence-electron chi connectivity index (χ3n) is 4.12. The van der Waals surface area contributed by atoms with Crippen LogP contribution < -0.4 is 5.32 Å². The van der Waals surface area contributed by atoms with Gasteiger partial charge in [0.2, 0.25) is 0 Å². The Morgan fingerprint density at radius 1 is 1.41 bits per heavy atom. The van der Waals surface area contributed by atoms with Crippen molar-refractivity contribution in [3.05, 3.63) is 35.9 Å². The fourth-order valence-electron chi connectivity index (χ4n) is 2.69. The van der Waals surface area contributed by atoms with E-state index in [4.69, 9.17) is 9.47 Å². The summed E-state index contributed by atoms with van der Waals surface area (Å²) >= 11 is 0. The Hall–Kier alpha value is -1.47. The highest BCUT2D eigenvalue weighted by molar-refractivity contribution is 5.71. The number of hydrogen-bond donors (Lipinski definition) is 2. The lowest BCUT2D eigenvalue weighted by molar-refractivity contribution is -0.272. The summed E-state index contributed by atoms with van der Waals surface area (Å²) in [5.74, 6) is -0.374. The molecule has 6 heteroatoms. The Balaban J connectivity index is 2.12. The first kappa shape index (κ1) is 16.9. The number of carbonyl (C=O) groups excluding carboxylic acids is 1. The predicted molar refractivity (Wildman–Crippen MR) is 80.1 cm³/mol. The number of aliphatic hydroxyl groups excluding tert-OH is 1. The van der Waals surface area contributed by atoms with Crippen molar-refractivity contribution in [2.24, 2.45) is 0 Å². The van der Waals surface area contributed by atoms with Gasteiger partial charge in [-0.2, -0.15) is 0 Å². The molecule has 1 aromatic rings. The Morgan fingerprint density at radius 2 is 2.09 bits per heavy atom. The number of ether oxygens (including phenoxy) is 3. The van der Waals surface area contributed by atoms with Gasteiger partial charge in [-0.05, 0) is 18.9 Å². The quantitative estimate of drug-likeness (QED) is 0.783. The summed E-state index contributed by atoms with van der Waals surface area (Å²) in [6.07, 6.45) is -0.893. The Labute approximate surface area is 130 Å². The number of benzene rings is 1. The Morgan fingerprint density at radius 3 is 2.68 bits per heavy atom. The van der Waals surface area contributed by atoms with Crippen molar-refractivity contribution in [1.29, 1.82) is 0 Å². The smallest absolute Gasteiger partial charge is 0.319 e. The summed E-state index contributed by atoms with van der Waals surface area (Å²) in [6, 6.07) is 9.25. The average Bonchev–Trinajstić information content (AvgIpc) is 2.56. The van der Waals surface area contributed by atoms with Crippen LogP contribution in [0.5, 0.6) is 0 Å². The summed E-state index contributed by atoms with van der Waals surface area (Å²) in [7, 11) is 2.87. The summed E-state index contributed by atoms with van der Waals surface area (Å²) in [5, 5.41) is 13.6. The van der Waals surface area contributed by atoms with Crippen LogP contribution in [-0.4, -0.2) is 50.3 Å². The number of nitrogens with one attached hydrogen (secondary N) is 1. The van der Waals surface area contributed by atoms with Crippen molar-refractivity contribution >= 4 is 5.97 Å². The molecule has 1 aliphatic heterocycles. The number of esters is 1. The molecule has 0 unspecified atom stereocenters. The first-order chi connectivity index (χ1) is 10.5. The van der Waals surface area contributed by atoms with Crippen molar-refractivity contribution in [3.63, 3.8) is 0 Å². The van der Waals surface area contributed by atoms with Crippen LogP contribution in [0.15, 0.2) is 30.3 Å². The van der Waals surface area contributed by atoms with Crippen LogP contribution in [0.4, 0.5) is 0 Å². The van der Waals surface area contributed by atoms with Crippen LogP contribution in [0.3, 0.4) is 0 Å². The van der Waals surface area contributed by atoms with Gasteiger partial charge in [0.25, 0.3) is 0 Å². The van der Waals surface area contributed by atoms with Gasteiger partial charge in [0.05, 0.1) is 25.8 Å². The van der Waals surface area contributed by atoms with E-state index in [2.05, 4.69) is 10.1 Å². The molecule has 0 amide bonds. The lowest BCUT2D eigenvalue weighted by atomic mass is 9.83. The van der Waals surface area contributed by atoms with E-state index in [1.54, 1.807) is 7.11 Å². The minimum Gasteiger partial charge on any atom is -0.468 e. The monoisotopic (exact) mass is 309 g/mol. The van der Waals surface area contributed by atoms with Crippen LogP contribution in [0.2, 0.25) is 0 Å². The second-order valence-electron chi connectivity index (χ2n) is 5.51. The summed E-state index contributed by atoms with van der Waals surface area (Å²) in [5.41, 5.74) is 0.0294. The molecule has 6 nitrogen and oxygen atoms in total. The Kier molecular flexibility index (Phi) is 5.52. The first-order valence-electron chi connectivity index (χ1n) is 7.25. The molecule has 1 saturated heterocycles. The van der Waals surface area contributed by atoms with E-state index >= 15 is 0 Å². The number of carbonyl (C=O) groups is 1. The molecule has 1 fully saturated rings. The van der Waals surface area contributed by atoms with Crippen molar-refractivity contribution in [3.8, 4) is 0 Å². The largest absolute Gasteiger partial charge is 0.468 e. The molecule has 1 aliphatic rings. The molecule has 0 saturated carbocycles. The van der Waals surface area contributed by atoms with Gasteiger partial charge >= 0.3 is 5.97 Å². The van der Waals surface area contributed by atoms with Crippen molar-refractivity contribution in [2.45, 2.75) is 37.4 Å². The highest BCUT2D eigenvalue weighted by Gasteiger charge is 2.46. The van der Waals surface area contributed by atoms with Gasteiger partial charge in [-0.15, -0.1) is 0 Å². The zero-order chi connectivity index (χ0) is 16.2. The maximum Gasteiger partial charge on any atom is 0.319 e. The lowest BCUT2D eigenvalue weighted by Gasteiger charge is -2.46. The van der Waals surface area contributed by atoms with E-state index in [-0.39, 0.29) is 18.6 Å². The zero-order valence-electron chi connectivity index (χ0n) is 13.1. The van der Waals surface area contributed by atoms with Gasteiger partial charge in [-0.3, -0.25) is 10.1 Å². The number of aliphatic hydroxyl groups is 1. The molecule has 0 aliphatic carbocycles. The maximum absolute atomic E-state index is 11.3. The molecule has 1 heterocycles. The number of rotatable bonds is 5. The highest BCUT2D eigenvalue weighted by atomic mass is 16.7. The summed E-state index contributed by atoms with van der Waals surface area (Å²) in [4.78, 5) is 11.3. The minimum absolute atomic E-state index is 0.0408. The number of methoxy groups -OCH3 is 2. The molecule has 22 heavy (non-hydrogen) atoms. The van der Waals surface area contributed by atoms with E-state index in [0.29, 0.717) is 6.42 Å². The lowest BCUT2D eigenvalue weighted by Crippen LogP contribution is -2.58. The van der Waals surface area contributed by atoms with E-state index in [1.165, 1.54) is 7.11 Å². The molecule has 2 rings (SSSR count). The van der Waals surface area contributed by atoms with E-state index in [9.17, 15) is 9.90 Å². The first-order valence-corrected chi connectivity index (χ1v) is 7.25. The fourth-order valence-corrected chi connectivity index (χ4v) is 2.69. The van der Waals surface area contributed by atoms with Crippen molar-refractivity contribution in [1.82, 2.24) is 5.32 Å². The van der Waals surface area contributed by atoms with Gasteiger partial charge < -0.3 is 19.3 Å². The van der Waals surface area contributed by atoms with Crippen LogP contribution >= 0.6 is 0 Å². The molecule has 0 aromatic heterocycles. The Bertz CT molecular complexity index is 495. The zero-order valence-corrected chi connectivity index (χ0v) is 13.1. The molecule has 1 aromatic carbocycles. The minimum atomic E-state index is -0.856. The highest BCUT2D eigenvalue weighted by Crippen LogP contribution is 2.37. The maximum atomic E-state index is 11.3. The van der Waals surface area contributed by atoms with Crippen LogP contribution in [-0.2, 0) is 24.6 Å². The third-order valence-corrected chi connectivity index (χ3v) is 4.12. The van der Waals surface area contributed by atoms with Gasteiger partial charge in [-0.1, -0.05) is 30.3 Å². The molecule has 0 radical (unpaired) electrons. The van der Waals surface area contributed by atoms with Gasteiger partial charge in [0.1, 0.15) is 5.60 Å². The van der Waals surface area contributed by atoms with Crippen LogP contribution in [0, 0.1) is 0 Å². The average molecular weight is 309 g/mol. The fraction of sp³-hybridized carbons (Fsp3) is 0.562. The van der Waals surface area contributed by atoms with Crippen molar-refractivity contribution in [2.75, 3.05) is 20.8 Å². The molecule has 2 N–H and O–H groups in total. The summed E-state index contributed by atoms with van der Waals surface area (Å²) < 4.78 is 16.0. The van der Waals surface area contributed by atoms with Gasteiger partial charge in [0, 0.05) is 7.11 Å². The van der Waals surface area contributed by atoms with Crippen LogP contribution in [0.1, 0.15) is 18.9 Å². The molecule has 122 valence electrons. The number of hydrogen-bond acceptors (Lipinski definition) is 6. The SMILES string of the molecule is COC(=O)CN[C@H]1C[C@@H](O)[C@@](C)(c2ccccc2)O[C@@H]1OC. The normalized spacial score (nSPS) is 31.7. The molecule has 4 atom stereocenters. The third kappa shape index (κ3) is 3.47. The topological polar surface area (TPSA) is 77.0 Å². The van der Waals surface area contributed by atoms with Crippen molar-refractivity contribution < 1.29 is 24.1 Å². The molecule has 0 spiro atoms. The molecular formula is C16H23NO5. The van der Waals surface area contributed by atoms with Gasteiger partial charge in [-0.25, -0.2) is 0 Å². The molecular weight excluding hydrogens is 286 g/mol. The van der Waals surface area contributed by atoms with E-state index < -0.39 is 18.0 Å². The van der Waals surface area contributed by atoms with E-state index in [1.807, 2.05) is 37.3 Å². The standard InChI is InChI=1S/C16H23NO5/c1-16(11-7-5-4-6-8-11)13(18)9-12(15(21-3)22-16)17-10-14(19)20-2/h4-8,12-13,15,17-18H,9-10H2,1-3H3/t12-,13+,15-,16+/m0/s1. The summed E-state index contributed by atoms with van der Waals surface area (Å²) in [6.45, 7) is 1.88. The van der Waals surface area contributed by atoms with E-state index in [0.717, 1.165) is 5.56 Å². The second kappa shape index (κ2) is 7.19.